The van der Waals surface area contributed by atoms with Crippen molar-refractivity contribution in [3.63, 3.8) is 0 Å². The first kappa shape index (κ1) is 20.7. The van der Waals surface area contributed by atoms with Gasteiger partial charge in [0.15, 0.2) is 11.2 Å². The van der Waals surface area contributed by atoms with Gasteiger partial charge in [-0.1, -0.05) is 78.4 Å². The second kappa shape index (κ2) is 7.73. The summed E-state index contributed by atoms with van der Waals surface area (Å²) in [5.74, 6) is -1.76. The molecule has 33 heavy (non-hydrogen) atoms. The lowest BCUT2D eigenvalue weighted by Crippen LogP contribution is -2.44. The van der Waals surface area contributed by atoms with Gasteiger partial charge in [-0.25, -0.2) is 4.39 Å². The Bertz CT molecular complexity index is 1350. The summed E-state index contributed by atoms with van der Waals surface area (Å²) in [7, 11) is 0. The fraction of sp³-hybridized carbons (Fsp3) is 0.179. The molecule has 5 rings (SSSR count). The van der Waals surface area contributed by atoms with Crippen LogP contribution in [0.3, 0.4) is 0 Å². The number of hydrogen-bond donors (Lipinski definition) is 0. The number of rotatable bonds is 3. The number of anilines is 1. The predicted octanol–water partition coefficient (Wildman–Crippen LogP) is 5.42. The molecule has 0 unspecified atom stereocenters. The van der Waals surface area contributed by atoms with Gasteiger partial charge < -0.3 is 4.90 Å². The second-order valence-electron chi connectivity index (χ2n) is 8.54. The SMILES string of the molecule is Cc1ccc(C(=O)[C@@H]2[C@H](c3ccccc3F)C(C#N)(C#N)[C@@H]3C=Cc4ccccc4N23)cc1. The topological polar surface area (TPSA) is 67.9 Å². The maximum Gasteiger partial charge on any atom is 0.185 e. The van der Waals surface area contributed by atoms with E-state index < -0.39 is 29.2 Å². The van der Waals surface area contributed by atoms with E-state index in [1.54, 1.807) is 36.4 Å². The summed E-state index contributed by atoms with van der Waals surface area (Å²) in [4.78, 5) is 15.9. The summed E-state index contributed by atoms with van der Waals surface area (Å²) in [6.45, 7) is 1.93. The van der Waals surface area contributed by atoms with Crippen LogP contribution in [0.4, 0.5) is 10.1 Å². The molecule has 3 aromatic rings. The Morgan fingerprint density at radius 2 is 1.64 bits per heavy atom. The Morgan fingerprint density at radius 3 is 2.33 bits per heavy atom. The molecule has 160 valence electrons. The summed E-state index contributed by atoms with van der Waals surface area (Å²) in [6.07, 6.45) is 3.67. The van der Waals surface area contributed by atoms with Crippen LogP contribution in [-0.4, -0.2) is 17.9 Å². The molecule has 2 heterocycles. The molecular formula is C28H20FN3O. The maximum atomic E-state index is 15.2. The molecule has 0 bridgehead atoms. The highest BCUT2D eigenvalue weighted by molar-refractivity contribution is 6.04. The van der Waals surface area contributed by atoms with Crippen LogP contribution in [0.15, 0.2) is 78.9 Å². The van der Waals surface area contributed by atoms with Gasteiger partial charge in [0.1, 0.15) is 11.9 Å². The van der Waals surface area contributed by atoms with Gasteiger partial charge in [-0.15, -0.1) is 0 Å². The molecule has 5 heteroatoms. The standard InChI is InChI=1S/C28H20FN3O/c1-18-10-12-20(13-11-18)27(33)26-25(21-7-3-4-8-22(21)29)28(16-30,17-31)24-15-14-19-6-2-5-9-23(19)32(24)26/h2-15,24-26H,1H3/t24-,25-,26-/m0/s1. The van der Waals surface area contributed by atoms with Gasteiger partial charge in [-0.05, 0) is 30.2 Å². The molecular weight excluding hydrogens is 413 g/mol. The zero-order chi connectivity index (χ0) is 23.2. The van der Waals surface area contributed by atoms with Gasteiger partial charge in [0, 0.05) is 17.2 Å². The highest BCUT2D eigenvalue weighted by atomic mass is 19.1. The van der Waals surface area contributed by atoms with E-state index in [9.17, 15) is 15.3 Å². The lowest BCUT2D eigenvalue weighted by Gasteiger charge is -2.35. The number of carbonyl (C=O) groups excluding carboxylic acids is 1. The van der Waals surface area contributed by atoms with E-state index in [1.807, 2.05) is 54.3 Å². The number of benzene rings is 3. The third-order valence-corrected chi connectivity index (χ3v) is 6.76. The first-order chi connectivity index (χ1) is 16.0. The average Bonchev–Trinajstić information content (AvgIpc) is 3.15. The van der Waals surface area contributed by atoms with Crippen molar-refractivity contribution >= 4 is 17.5 Å². The summed E-state index contributed by atoms with van der Waals surface area (Å²) in [5.41, 5.74) is 1.66. The number of nitrogens with zero attached hydrogens (tertiary/aromatic N) is 3. The quantitative estimate of drug-likeness (QED) is 0.518. The van der Waals surface area contributed by atoms with Gasteiger partial charge >= 0.3 is 0 Å². The van der Waals surface area contributed by atoms with E-state index in [2.05, 4.69) is 12.1 Å². The van der Waals surface area contributed by atoms with Gasteiger partial charge in [0.25, 0.3) is 0 Å². The second-order valence-corrected chi connectivity index (χ2v) is 8.54. The van der Waals surface area contributed by atoms with Crippen LogP contribution in [0.2, 0.25) is 0 Å². The molecule has 0 radical (unpaired) electrons. The molecule has 2 aliphatic heterocycles. The van der Waals surface area contributed by atoms with Crippen LogP contribution in [0.1, 0.15) is 33.0 Å². The minimum atomic E-state index is -1.66. The van der Waals surface area contributed by atoms with E-state index in [4.69, 9.17) is 0 Å². The number of nitriles is 2. The Hall–Kier alpha value is -4.22. The third kappa shape index (κ3) is 2.97. The normalized spacial score (nSPS) is 22.1. The summed E-state index contributed by atoms with van der Waals surface area (Å²) >= 11 is 0. The number of carbonyl (C=O) groups is 1. The van der Waals surface area contributed by atoms with E-state index in [-0.39, 0.29) is 11.3 Å². The van der Waals surface area contributed by atoms with Gasteiger partial charge in [-0.2, -0.15) is 10.5 Å². The Labute approximate surface area is 191 Å². The zero-order valence-electron chi connectivity index (χ0n) is 17.9. The molecule has 2 aliphatic rings. The van der Waals surface area contributed by atoms with Crippen molar-refractivity contribution in [1.82, 2.24) is 0 Å². The minimum absolute atomic E-state index is 0.200. The van der Waals surface area contributed by atoms with Crippen molar-refractivity contribution in [2.24, 2.45) is 5.41 Å². The fourth-order valence-electron chi connectivity index (χ4n) is 5.19. The molecule has 4 nitrogen and oxygen atoms in total. The van der Waals surface area contributed by atoms with Crippen LogP contribution in [0.5, 0.6) is 0 Å². The molecule has 3 aromatic carbocycles. The smallest absolute Gasteiger partial charge is 0.185 e. The first-order valence-electron chi connectivity index (χ1n) is 10.7. The summed E-state index contributed by atoms with van der Waals surface area (Å²) in [5, 5.41) is 20.7. The number of ketones is 1. The maximum absolute atomic E-state index is 15.2. The van der Waals surface area contributed by atoms with Gasteiger partial charge in [0.05, 0.1) is 18.2 Å². The number of fused-ring (bicyclic) bond motifs is 3. The van der Waals surface area contributed by atoms with Crippen molar-refractivity contribution in [1.29, 1.82) is 10.5 Å². The fourth-order valence-corrected chi connectivity index (χ4v) is 5.19. The third-order valence-electron chi connectivity index (χ3n) is 6.76. The number of aryl methyl sites for hydroxylation is 1. The number of halogens is 1. The van der Waals surface area contributed by atoms with E-state index in [1.165, 1.54) is 6.07 Å². The lowest BCUT2D eigenvalue weighted by atomic mass is 9.69. The Morgan fingerprint density at radius 1 is 0.970 bits per heavy atom. The zero-order valence-corrected chi connectivity index (χ0v) is 17.9. The number of hydrogen-bond acceptors (Lipinski definition) is 4. The van der Waals surface area contributed by atoms with Crippen molar-refractivity contribution < 1.29 is 9.18 Å². The van der Waals surface area contributed by atoms with E-state index >= 15 is 4.39 Å². The average molecular weight is 433 g/mol. The van der Waals surface area contributed by atoms with Crippen LogP contribution in [0.25, 0.3) is 6.08 Å². The minimum Gasteiger partial charge on any atom is -0.351 e. The van der Waals surface area contributed by atoms with Crippen molar-refractivity contribution in [2.45, 2.75) is 24.9 Å². The molecule has 1 saturated heterocycles. The predicted molar refractivity (Wildman–Crippen MR) is 124 cm³/mol. The largest absolute Gasteiger partial charge is 0.351 e. The molecule has 0 aliphatic carbocycles. The van der Waals surface area contributed by atoms with E-state index in [0.717, 1.165) is 16.8 Å². The first-order valence-corrected chi connectivity index (χ1v) is 10.7. The lowest BCUT2D eigenvalue weighted by molar-refractivity contribution is 0.0950. The molecule has 3 atom stereocenters. The molecule has 0 N–H and O–H groups in total. The molecule has 0 amide bonds. The highest BCUT2D eigenvalue weighted by Gasteiger charge is 2.63. The number of Topliss-reactive ketones (excluding diaryl/α,β-unsaturated/α-hetero) is 1. The van der Waals surface area contributed by atoms with Crippen LogP contribution < -0.4 is 4.90 Å². The Balaban J connectivity index is 1.80. The van der Waals surface area contributed by atoms with Gasteiger partial charge in [0.2, 0.25) is 0 Å². The van der Waals surface area contributed by atoms with Crippen molar-refractivity contribution in [3.8, 4) is 12.1 Å². The van der Waals surface area contributed by atoms with E-state index in [0.29, 0.717) is 5.56 Å². The summed E-state index contributed by atoms with van der Waals surface area (Å²) < 4.78 is 15.2. The monoisotopic (exact) mass is 433 g/mol. The van der Waals surface area contributed by atoms with Crippen LogP contribution in [0, 0.1) is 40.8 Å². The van der Waals surface area contributed by atoms with Crippen molar-refractivity contribution in [3.05, 3.63) is 107 Å². The Kier molecular flexibility index (Phi) is 4.84. The van der Waals surface area contributed by atoms with Crippen molar-refractivity contribution in [2.75, 3.05) is 4.90 Å². The number of para-hydroxylation sites is 1. The molecule has 0 saturated carbocycles. The molecule has 0 aromatic heterocycles. The van der Waals surface area contributed by atoms with Gasteiger partial charge in [-0.3, -0.25) is 4.79 Å². The van der Waals surface area contributed by atoms with Crippen LogP contribution in [-0.2, 0) is 0 Å². The molecule has 0 spiro atoms. The summed E-state index contributed by atoms with van der Waals surface area (Å²) in [6, 6.07) is 23.7. The van der Waals surface area contributed by atoms with Crippen LogP contribution >= 0.6 is 0 Å². The highest BCUT2D eigenvalue weighted by Crippen LogP contribution is 2.55. The molecule has 1 fully saturated rings.